The molecule has 1 aromatic heterocycles. The third-order valence-corrected chi connectivity index (χ3v) is 5.60. The number of nitrogens with one attached hydrogen (secondary N) is 1. The first-order valence-corrected chi connectivity index (χ1v) is 10.3. The van der Waals surface area contributed by atoms with Crippen molar-refractivity contribution in [2.75, 3.05) is 11.1 Å². The van der Waals surface area contributed by atoms with Crippen LogP contribution in [0.1, 0.15) is 5.56 Å². The number of nitrogens with zero attached hydrogens (tertiary/aromatic N) is 1. The fourth-order valence-electron chi connectivity index (χ4n) is 2.08. The van der Waals surface area contributed by atoms with Crippen LogP contribution in [0.5, 0.6) is 0 Å². The Morgan fingerprint density at radius 2 is 1.88 bits per heavy atom. The van der Waals surface area contributed by atoms with Gasteiger partial charge >= 0.3 is 0 Å². The van der Waals surface area contributed by atoms with Crippen molar-refractivity contribution >= 4 is 50.1 Å². The van der Waals surface area contributed by atoms with Crippen molar-refractivity contribution in [2.24, 2.45) is 0 Å². The number of thioether (sulfide) groups is 1. The molecule has 3 aromatic rings. The van der Waals surface area contributed by atoms with Crippen LogP contribution in [0.4, 0.5) is 9.52 Å². The second-order valence-corrected chi connectivity index (χ2v) is 7.97. The fraction of sp³-hybridized carbons (Fsp3) is 0.111. The number of aromatic nitrogens is 1. The van der Waals surface area contributed by atoms with E-state index in [9.17, 15) is 9.18 Å². The lowest BCUT2D eigenvalue weighted by molar-refractivity contribution is -0.113. The van der Waals surface area contributed by atoms with E-state index in [1.807, 2.05) is 29.6 Å². The van der Waals surface area contributed by atoms with E-state index in [1.54, 1.807) is 12.1 Å². The van der Waals surface area contributed by atoms with Crippen LogP contribution in [0, 0.1) is 5.82 Å². The Balaban J connectivity index is 1.49. The molecule has 3 nitrogen and oxygen atoms in total. The van der Waals surface area contributed by atoms with E-state index in [1.165, 1.54) is 35.2 Å². The van der Waals surface area contributed by atoms with Crippen LogP contribution in [0.25, 0.3) is 11.3 Å². The van der Waals surface area contributed by atoms with Crippen LogP contribution in [0.3, 0.4) is 0 Å². The maximum Gasteiger partial charge on any atom is 0.236 e. The van der Waals surface area contributed by atoms with Crippen LogP contribution < -0.4 is 5.32 Å². The molecule has 0 saturated carbocycles. The predicted molar refractivity (Wildman–Crippen MR) is 106 cm³/mol. The number of rotatable bonds is 6. The molecule has 0 unspecified atom stereocenters. The number of benzene rings is 2. The summed E-state index contributed by atoms with van der Waals surface area (Å²) in [7, 11) is 0. The van der Waals surface area contributed by atoms with Crippen molar-refractivity contribution in [3.8, 4) is 11.3 Å². The lowest BCUT2D eigenvalue weighted by Gasteiger charge is -2.03. The molecule has 0 saturated heterocycles. The maximum absolute atomic E-state index is 12.8. The molecule has 128 valence electrons. The zero-order chi connectivity index (χ0) is 17.6. The smallest absolute Gasteiger partial charge is 0.236 e. The summed E-state index contributed by atoms with van der Waals surface area (Å²) in [5, 5.41) is 5.33. The normalized spacial score (nSPS) is 10.6. The number of hydrogen-bond acceptors (Lipinski definition) is 4. The molecule has 1 amide bonds. The molecule has 1 heterocycles. The van der Waals surface area contributed by atoms with Gasteiger partial charge in [0.25, 0.3) is 0 Å². The summed E-state index contributed by atoms with van der Waals surface area (Å²) in [5.41, 5.74) is 2.84. The zero-order valence-electron chi connectivity index (χ0n) is 13.0. The van der Waals surface area contributed by atoms with E-state index in [2.05, 4.69) is 26.2 Å². The third kappa shape index (κ3) is 5.39. The summed E-state index contributed by atoms with van der Waals surface area (Å²) in [6.45, 7) is 0. The van der Waals surface area contributed by atoms with Crippen molar-refractivity contribution in [1.29, 1.82) is 0 Å². The average molecular weight is 437 g/mol. The molecule has 25 heavy (non-hydrogen) atoms. The Morgan fingerprint density at radius 3 is 2.60 bits per heavy atom. The Kier molecular flexibility index (Phi) is 6.23. The molecule has 1 N–H and O–H groups in total. The van der Waals surface area contributed by atoms with Crippen molar-refractivity contribution in [1.82, 2.24) is 4.98 Å². The number of amides is 1. The molecular weight excluding hydrogens is 423 g/mol. The molecule has 0 fully saturated rings. The Bertz CT molecular complexity index is 850. The summed E-state index contributed by atoms with van der Waals surface area (Å²) >= 11 is 6.29. The lowest BCUT2D eigenvalue weighted by atomic mass is 10.2. The van der Waals surface area contributed by atoms with E-state index in [4.69, 9.17) is 0 Å². The molecule has 0 spiro atoms. The lowest BCUT2D eigenvalue weighted by Crippen LogP contribution is -2.13. The minimum atomic E-state index is -0.253. The number of carbonyl (C=O) groups excluding carboxylic acids is 1. The molecule has 0 aliphatic rings. The number of carbonyl (C=O) groups is 1. The first-order valence-electron chi connectivity index (χ1n) is 7.43. The number of halogens is 2. The summed E-state index contributed by atoms with van der Waals surface area (Å²) in [4.78, 5) is 16.5. The second-order valence-electron chi connectivity index (χ2n) is 5.21. The maximum atomic E-state index is 12.8. The highest BCUT2D eigenvalue weighted by atomic mass is 79.9. The molecule has 0 atom stereocenters. The van der Waals surface area contributed by atoms with E-state index in [0.29, 0.717) is 16.6 Å². The Labute approximate surface area is 161 Å². The van der Waals surface area contributed by atoms with Gasteiger partial charge in [-0.3, -0.25) is 4.79 Å². The van der Waals surface area contributed by atoms with Crippen LogP contribution in [-0.2, 0) is 10.5 Å². The minimum absolute atomic E-state index is 0.0937. The molecule has 0 aliphatic heterocycles. The van der Waals surface area contributed by atoms with Crippen LogP contribution in [0.15, 0.2) is 58.4 Å². The van der Waals surface area contributed by atoms with E-state index in [-0.39, 0.29) is 11.7 Å². The molecule has 2 aromatic carbocycles. The topological polar surface area (TPSA) is 42.0 Å². The van der Waals surface area contributed by atoms with Gasteiger partial charge in [0.05, 0.1) is 11.4 Å². The average Bonchev–Trinajstić information content (AvgIpc) is 3.06. The Hall–Kier alpha value is -1.70. The SMILES string of the molecule is O=C(CSCc1ccc(F)cc1)Nc1nc(-c2ccc(Br)cc2)cs1. The van der Waals surface area contributed by atoms with Gasteiger partial charge in [0.1, 0.15) is 5.82 Å². The van der Waals surface area contributed by atoms with Gasteiger partial charge < -0.3 is 5.32 Å². The highest BCUT2D eigenvalue weighted by Gasteiger charge is 2.08. The van der Waals surface area contributed by atoms with Gasteiger partial charge in [-0.25, -0.2) is 9.37 Å². The summed E-state index contributed by atoms with van der Waals surface area (Å²) in [5.74, 6) is 0.640. The molecule has 3 rings (SSSR count). The number of anilines is 1. The summed E-state index contributed by atoms with van der Waals surface area (Å²) < 4.78 is 13.9. The quantitative estimate of drug-likeness (QED) is 0.547. The van der Waals surface area contributed by atoms with Gasteiger partial charge in [-0.15, -0.1) is 23.1 Å². The number of thiazole rings is 1. The molecular formula is C18H14BrFN2OS2. The largest absolute Gasteiger partial charge is 0.301 e. The van der Waals surface area contributed by atoms with Gasteiger partial charge in [-0.1, -0.05) is 40.2 Å². The monoisotopic (exact) mass is 436 g/mol. The summed E-state index contributed by atoms with van der Waals surface area (Å²) in [6.07, 6.45) is 0. The molecule has 0 radical (unpaired) electrons. The minimum Gasteiger partial charge on any atom is -0.301 e. The standard InChI is InChI=1S/C18H14BrFN2OS2/c19-14-5-3-13(4-6-14)16-10-25-18(21-16)22-17(23)11-24-9-12-1-7-15(20)8-2-12/h1-8,10H,9,11H2,(H,21,22,23). The Morgan fingerprint density at radius 1 is 1.16 bits per heavy atom. The summed E-state index contributed by atoms with van der Waals surface area (Å²) in [6, 6.07) is 14.2. The van der Waals surface area contributed by atoms with Gasteiger partial charge in [0, 0.05) is 21.2 Å². The highest BCUT2D eigenvalue weighted by Crippen LogP contribution is 2.26. The molecule has 0 aliphatic carbocycles. The fourth-order valence-corrected chi connectivity index (χ4v) is 3.87. The van der Waals surface area contributed by atoms with Gasteiger partial charge in [0.2, 0.25) is 5.91 Å². The van der Waals surface area contributed by atoms with E-state index < -0.39 is 0 Å². The van der Waals surface area contributed by atoms with Gasteiger partial charge in [0.15, 0.2) is 5.13 Å². The van der Waals surface area contributed by atoms with Gasteiger partial charge in [-0.2, -0.15) is 0 Å². The zero-order valence-corrected chi connectivity index (χ0v) is 16.3. The van der Waals surface area contributed by atoms with Crippen LogP contribution in [0.2, 0.25) is 0 Å². The van der Waals surface area contributed by atoms with Crippen LogP contribution >= 0.6 is 39.0 Å². The molecule has 7 heteroatoms. The van der Waals surface area contributed by atoms with Crippen molar-refractivity contribution < 1.29 is 9.18 Å². The van der Waals surface area contributed by atoms with Crippen molar-refractivity contribution in [3.05, 3.63) is 69.8 Å². The second kappa shape index (κ2) is 8.60. The highest BCUT2D eigenvalue weighted by molar-refractivity contribution is 9.10. The van der Waals surface area contributed by atoms with Gasteiger partial charge in [-0.05, 0) is 29.8 Å². The van der Waals surface area contributed by atoms with E-state index in [0.717, 1.165) is 21.3 Å². The van der Waals surface area contributed by atoms with Crippen LogP contribution in [-0.4, -0.2) is 16.6 Å². The first-order chi connectivity index (χ1) is 12.1. The first kappa shape index (κ1) is 18.1. The van der Waals surface area contributed by atoms with E-state index >= 15 is 0 Å². The van der Waals surface area contributed by atoms with Crippen molar-refractivity contribution in [2.45, 2.75) is 5.75 Å². The predicted octanol–water partition coefficient (Wildman–Crippen LogP) is 5.58. The third-order valence-electron chi connectivity index (χ3n) is 3.31. The molecule has 0 bridgehead atoms. The van der Waals surface area contributed by atoms with Crippen molar-refractivity contribution in [3.63, 3.8) is 0 Å². The number of hydrogen-bond donors (Lipinski definition) is 1.